The van der Waals surface area contributed by atoms with Gasteiger partial charge in [0, 0.05) is 6.54 Å². The maximum absolute atomic E-state index is 12.3. The highest BCUT2D eigenvalue weighted by Crippen LogP contribution is 2.39. The van der Waals surface area contributed by atoms with Gasteiger partial charge in [0.1, 0.15) is 10.9 Å². The summed E-state index contributed by atoms with van der Waals surface area (Å²) in [5, 5.41) is 0. The van der Waals surface area contributed by atoms with Gasteiger partial charge >= 0.3 is 0 Å². The number of halogens is 1. The third-order valence-electron chi connectivity index (χ3n) is 3.08. The fourth-order valence-electron chi connectivity index (χ4n) is 2.03. The van der Waals surface area contributed by atoms with E-state index in [-0.39, 0.29) is 5.91 Å². The number of methoxy groups -OCH3 is 1. The largest absolute Gasteiger partial charge is 0.493 e. The van der Waals surface area contributed by atoms with Crippen LogP contribution in [-0.4, -0.2) is 35.4 Å². The van der Waals surface area contributed by atoms with Crippen LogP contribution in [0.25, 0.3) is 6.08 Å². The van der Waals surface area contributed by atoms with Gasteiger partial charge in [0.2, 0.25) is 0 Å². The van der Waals surface area contributed by atoms with E-state index >= 15 is 0 Å². The van der Waals surface area contributed by atoms with Gasteiger partial charge in [-0.15, -0.1) is 0 Å². The van der Waals surface area contributed by atoms with Crippen molar-refractivity contribution in [1.29, 1.82) is 0 Å². The van der Waals surface area contributed by atoms with E-state index in [2.05, 4.69) is 22.5 Å². The van der Waals surface area contributed by atoms with Crippen molar-refractivity contribution >= 4 is 56.2 Å². The zero-order valence-electron chi connectivity index (χ0n) is 12.8. The summed E-state index contributed by atoms with van der Waals surface area (Å²) in [6.07, 6.45) is 3.47. The van der Waals surface area contributed by atoms with Crippen molar-refractivity contribution in [2.75, 3.05) is 20.3 Å². The molecule has 0 saturated carbocycles. The number of hydrogen-bond donors (Lipinski definition) is 0. The molecule has 0 aliphatic carbocycles. The predicted octanol–water partition coefficient (Wildman–Crippen LogP) is 4.24. The minimum absolute atomic E-state index is 0.0652. The maximum atomic E-state index is 12.3. The molecule has 0 unspecified atom stereocenters. The van der Waals surface area contributed by atoms with Crippen LogP contribution in [0.3, 0.4) is 0 Å². The predicted molar refractivity (Wildman–Crippen MR) is 102 cm³/mol. The molecular formula is C16H16BrNO3S2. The molecule has 1 fully saturated rings. The molecule has 1 aliphatic rings. The summed E-state index contributed by atoms with van der Waals surface area (Å²) in [4.78, 5) is 14.5. The minimum atomic E-state index is -0.0652. The maximum Gasteiger partial charge on any atom is 0.266 e. The van der Waals surface area contributed by atoms with Crippen LogP contribution in [0.2, 0.25) is 0 Å². The molecule has 0 aromatic heterocycles. The first kappa shape index (κ1) is 18.0. The number of carbonyl (C=O) groups is 1. The van der Waals surface area contributed by atoms with Crippen molar-refractivity contribution in [1.82, 2.24) is 4.90 Å². The minimum Gasteiger partial charge on any atom is -0.493 e. The van der Waals surface area contributed by atoms with Crippen LogP contribution in [-0.2, 0) is 4.79 Å². The average molecular weight is 414 g/mol. The monoisotopic (exact) mass is 413 g/mol. The lowest BCUT2D eigenvalue weighted by Gasteiger charge is -2.12. The van der Waals surface area contributed by atoms with E-state index in [4.69, 9.17) is 21.7 Å². The first-order valence-corrected chi connectivity index (χ1v) is 8.90. The summed E-state index contributed by atoms with van der Waals surface area (Å²) < 4.78 is 12.3. The lowest BCUT2D eigenvalue weighted by molar-refractivity contribution is -0.121. The number of ether oxygens (including phenoxy) is 2. The van der Waals surface area contributed by atoms with E-state index < -0.39 is 0 Å². The molecule has 0 bridgehead atoms. The van der Waals surface area contributed by atoms with Gasteiger partial charge in [-0.05, 0) is 46.6 Å². The number of nitrogens with zero attached hydrogens (tertiary/aromatic N) is 1. The van der Waals surface area contributed by atoms with Gasteiger partial charge in [-0.3, -0.25) is 9.69 Å². The number of benzene rings is 1. The Hall–Kier alpha value is -1.31. The lowest BCUT2D eigenvalue weighted by atomic mass is 10.2. The summed E-state index contributed by atoms with van der Waals surface area (Å²) >= 11 is 10.00. The van der Waals surface area contributed by atoms with E-state index in [1.165, 1.54) is 11.8 Å². The molecule has 1 heterocycles. The number of rotatable bonds is 6. The summed E-state index contributed by atoms with van der Waals surface area (Å²) in [7, 11) is 1.57. The molecule has 0 N–H and O–H groups in total. The lowest BCUT2D eigenvalue weighted by Crippen LogP contribution is -2.27. The second kappa shape index (κ2) is 7.99. The first-order valence-electron chi connectivity index (χ1n) is 6.88. The summed E-state index contributed by atoms with van der Waals surface area (Å²) in [5.41, 5.74) is 0.830. The molecule has 1 aromatic rings. The molecule has 4 nitrogen and oxygen atoms in total. The zero-order chi connectivity index (χ0) is 17.0. The summed E-state index contributed by atoms with van der Waals surface area (Å²) in [5.74, 6) is 1.12. The molecule has 1 aliphatic heterocycles. The van der Waals surface area contributed by atoms with Crippen molar-refractivity contribution in [3.05, 3.63) is 39.7 Å². The van der Waals surface area contributed by atoms with Gasteiger partial charge in [0.05, 0.1) is 16.5 Å². The fourth-order valence-corrected chi connectivity index (χ4v) is 3.99. The Morgan fingerprint density at radius 2 is 2.22 bits per heavy atom. The van der Waals surface area contributed by atoms with Crippen LogP contribution < -0.4 is 9.47 Å². The summed E-state index contributed by atoms with van der Waals surface area (Å²) in [6, 6.07) is 3.70. The molecule has 1 aromatic carbocycles. The van der Waals surface area contributed by atoms with Gasteiger partial charge in [-0.25, -0.2) is 0 Å². The molecule has 122 valence electrons. The van der Waals surface area contributed by atoms with Gasteiger partial charge in [0.15, 0.2) is 11.5 Å². The highest BCUT2D eigenvalue weighted by molar-refractivity contribution is 9.10. The second-order valence-electron chi connectivity index (χ2n) is 4.56. The Bertz CT molecular complexity index is 688. The van der Waals surface area contributed by atoms with E-state index in [0.717, 1.165) is 10.0 Å². The zero-order valence-corrected chi connectivity index (χ0v) is 16.0. The van der Waals surface area contributed by atoms with E-state index in [1.807, 2.05) is 19.1 Å². The van der Waals surface area contributed by atoms with Crippen molar-refractivity contribution in [2.24, 2.45) is 0 Å². The highest BCUT2D eigenvalue weighted by Gasteiger charge is 2.30. The van der Waals surface area contributed by atoms with Crippen molar-refractivity contribution in [3.8, 4) is 11.5 Å². The van der Waals surface area contributed by atoms with Gasteiger partial charge in [0.25, 0.3) is 5.91 Å². The molecule has 1 saturated heterocycles. The van der Waals surface area contributed by atoms with Gasteiger partial charge < -0.3 is 9.47 Å². The smallest absolute Gasteiger partial charge is 0.266 e. The normalized spacial score (nSPS) is 16.1. The Morgan fingerprint density at radius 1 is 1.48 bits per heavy atom. The first-order chi connectivity index (χ1) is 11.0. The van der Waals surface area contributed by atoms with Crippen LogP contribution in [0.4, 0.5) is 0 Å². The number of amides is 1. The number of carbonyl (C=O) groups excluding carboxylic acids is 1. The Kier molecular flexibility index (Phi) is 6.26. The molecule has 1 amide bonds. The van der Waals surface area contributed by atoms with Gasteiger partial charge in [-0.1, -0.05) is 36.6 Å². The van der Waals surface area contributed by atoms with Crippen molar-refractivity contribution in [3.63, 3.8) is 0 Å². The molecule has 23 heavy (non-hydrogen) atoms. The molecule has 7 heteroatoms. The van der Waals surface area contributed by atoms with E-state index in [9.17, 15) is 4.79 Å². The van der Waals surface area contributed by atoms with Crippen molar-refractivity contribution < 1.29 is 14.3 Å². The summed E-state index contributed by atoms with van der Waals surface area (Å²) in [6.45, 7) is 6.48. The Morgan fingerprint density at radius 3 is 2.78 bits per heavy atom. The van der Waals surface area contributed by atoms with Crippen LogP contribution in [0.5, 0.6) is 11.5 Å². The number of thiocarbonyl (C=S) groups is 1. The van der Waals surface area contributed by atoms with E-state index in [1.54, 1.807) is 24.2 Å². The third kappa shape index (κ3) is 3.97. The molecule has 0 atom stereocenters. The van der Waals surface area contributed by atoms with Crippen LogP contribution in [0.15, 0.2) is 34.2 Å². The van der Waals surface area contributed by atoms with Crippen LogP contribution in [0.1, 0.15) is 12.5 Å². The Balaban J connectivity index is 2.36. The molecular weight excluding hydrogens is 398 g/mol. The van der Waals surface area contributed by atoms with Crippen LogP contribution in [0, 0.1) is 0 Å². The second-order valence-corrected chi connectivity index (χ2v) is 7.09. The molecule has 0 radical (unpaired) electrons. The van der Waals surface area contributed by atoms with Crippen molar-refractivity contribution in [2.45, 2.75) is 6.92 Å². The quantitative estimate of drug-likeness (QED) is 0.396. The van der Waals surface area contributed by atoms with Gasteiger partial charge in [-0.2, -0.15) is 0 Å². The highest BCUT2D eigenvalue weighted by atomic mass is 79.9. The SMILES string of the molecule is C=CCOc1c(Br)cc(/C=C2\SC(=S)N(CC)C2=O)cc1OC. The van der Waals surface area contributed by atoms with Crippen LogP contribution >= 0.6 is 39.9 Å². The Labute approximate surface area is 153 Å². The number of likely N-dealkylation sites (N-methyl/N-ethyl adjacent to an activating group) is 1. The average Bonchev–Trinajstić information content (AvgIpc) is 2.79. The molecule has 2 rings (SSSR count). The fraction of sp³-hybridized carbons (Fsp3) is 0.250. The standard InChI is InChI=1S/C16H16BrNO3S2/c1-4-6-21-14-11(17)7-10(8-12(14)20-3)9-13-15(19)18(5-2)16(22)23-13/h4,7-9H,1,5-6H2,2-3H3/b13-9-. The number of hydrogen-bond acceptors (Lipinski definition) is 5. The molecule has 0 spiro atoms. The van der Waals surface area contributed by atoms with E-state index in [0.29, 0.717) is 33.9 Å². The number of thioether (sulfide) groups is 1. The topological polar surface area (TPSA) is 38.8 Å². The third-order valence-corrected chi connectivity index (χ3v) is 5.05.